The van der Waals surface area contributed by atoms with Crippen molar-refractivity contribution >= 4 is 11.8 Å². The molecule has 0 N–H and O–H groups in total. The molecule has 1 aromatic rings. The molecule has 2 amide bonds. The lowest BCUT2D eigenvalue weighted by molar-refractivity contribution is -0.140. The lowest BCUT2D eigenvalue weighted by Gasteiger charge is -2.42. The predicted octanol–water partition coefficient (Wildman–Crippen LogP) is 0.762. The second kappa shape index (κ2) is 8.87. The Balaban J connectivity index is 1.62. The highest BCUT2D eigenvalue weighted by Gasteiger charge is 2.41. The van der Waals surface area contributed by atoms with Crippen molar-refractivity contribution in [3.63, 3.8) is 0 Å². The summed E-state index contributed by atoms with van der Waals surface area (Å²) in [6.45, 7) is 3.44. The summed E-state index contributed by atoms with van der Waals surface area (Å²) in [6.07, 6.45) is 3.75. The van der Waals surface area contributed by atoms with Gasteiger partial charge in [0.05, 0.1) is 44.5 Å². The van der Waals surface area contributed by atoms with Crippen LogP contribution in [0.25, 0.3) is 0 Å². The van der Waals surface area contributed by atoms with Crippen molar-refractivity contribution in [2.24, 2.45) is 0 Å². The number of carbonyl (C=O) groups is 2. The second-order valence-corrected chi connectivity index (χ2v) is 7.75. The average molecular weight is 390 g/mol. The highest BCUT2D eigenvalue weighted by atomic mass is 16.5. The zero-order valence-corrected chi connectivity index (χ0v) is 17.0. The molecular formula is C20H30N4O4. The molecule has 2 saturated heterocycles. The van der Waals surface area contributed by atoms with E-state index < -0.39 is 0 Å². The van der Waals surface area contributed by atoms with Crippen LogP contribution in [0.15, 0.2) is 18.3 Å². The molecule has 0 radical (unpaired) electrons. The number of carbonyl (C=O) groups excluding carboxylic acids is 2. The fraction of sp³-hybridized carbons (Fsp3) is 0.650. The third-order valence-electron chi connectivity index (χ3n) is 5.59. The quantitative estimate of drug-likeness (QED) is 0.739. The number of likely N-dealkylation sites (tertiary alicyclic amines) is 1. The van der Waals surface area contributed by atoms with Crippen molar-refractivity contribution in [1.82, 2.24) is 19.7 Å². The summed E-state index contributed by atoms with van der Waals surface area (Å²) in [7, 11) is 5.08. The summed E-state index contributed by atoms with van der Waals surface area (Å²) in [5.74, 6) is 0.727. The van der Waals surface area contributed by atoms with Crippen LogP contribution in [-0.2, 0) is 20.9 Å². The lowest BCUT2D eigenvalue weighted by Crippen LogP contribution is -2.53. The standard InChI is InChI=1S/C20H30N4O4/c1-22(2)19(26)14-24-15-20(28-12-6-18(24)25)7-10-23(11-8-20)13-16-17(27-3)5-4-9-21-16/h4-5,9H,6-8,10-15H2,1-3H3. The Bertz CT molecular complexity index is 701. The highest BCUT2D eigenvalue weighted by molar-refractivity contribution is 5.84. The number of aromatic nitrogens is 1. The number of piperidine rings is 1. The summed E-state index contributed by atoms with van der Waals surface area (Å²) in [5.41, 5.74) is 0.555. The number of likely N-dealkylation sites (N-methyl/N-ethyl adjacent to an activating group) is 1. The van der Waals surface area contributed by atoms with E-state index in [9.17, 15) is 9.59 Å². The van der Waals surface area contributed by atoms with Gasteiger partial charge >= 0.3 is 0 Å². The maximum Gasteiger partial charge on any atom is 0.241 e. The van der Waals surface area contributed by atoms with Crippen molar-refractivity contribution < 1.29 is 19.1 Å². The van der Waals surface area contributed by atoms with Gasteiger partial charge in [-0.3, -0.25) is 19.5 Å². The van der Waals surface area contributed by atoms with Crippen LogP contribution in [0.3, 0.4) is 0 Å². The summed E-state index contributed by atoms with van der Waals surface area (Å²) < 4.78 is 11.6. The minimum Gasteiger partial charge on any atom is -0.495 e. The zero-order chi connectivity index (χ0) is 20.1. The maximum absolute atomic E-state index is 12.4. The Kier molecular flexibility index (Phi) is 6.51. The molecule has 8 heteroatoms. The van der Waals surface area contributed by atoms with Crippen molar-refractivity contribution in [2.75, 3.05) is 54.0 Å². The molecule has 0 unspecified atom stereocenters. The van der Waals surface area contributed by atoms with E-state index in [0.717, 1.165) is 43.9 Å². The van der Waals surface area contributed by atoms with Gasteiger partial charge in [0.1, 0.15) is 5.75 Å². The smallest absolute Gasteiger partial charge is 0.241 e. The van der Waals surface area contributed by atoms with Gasteiger partial charge in [-0.15, -0.1) is 0 Å². The maximum atomic E-state index is 12.4. The number of ether oxygens (including phenoxy) is 2. The molecule has 0 aliphatic carbocycles. The number of methoxy groups -OCH3 is 1. The minimum atomic E-state index is -0.372. The van der Waals surface area contributed by atoms with Crippen LogP contribution in [-0.4, -0.2) is 91.1 Å². The van der Waals surface area contributed by atoms with Gasteiger partial charge in [-0.2, -0.15) is 0 Å². The van der Waals surface area contributed by atoms with Gasteiger partial charge in [0.25, 0.3) is 0 Å². The molecule has 1 spiro atoms. The van der Waals surface area contributed by atoms with E-state index in [1.54, 1.807) is 32.3 Å². The normalized spacial score (nSPS) is 20.1. The van der Waals surface area contributed by atoms with Crippen LogP contribution >= 0.6 is 0 Å². The van der Waals surface area contributed by atoms with E-state index in [2.05, 4.69) is 9.88 Å². The molecule has 3 rings (SSSR count). The molecule has 0 bridgehead atoms. The van der Waals surface area contributed by atoms with E-state index in [4.69, 9.17) is 9.47 Å². The molecule has 28 heavy (non-hydrogen) atoms. The third-order valence-corrected chi connectivity index (χ3v) is 5.59. The lowest BCUT2D eigenvalue weighted by atomic mass is 9.90. The Hall–Kier alpha value is -2.19. The minimum absolute atomic E-state index is 0.00673. The summed E-state index contributed by atoms with van der Waals surface area (Å²) in [4.78, 5) is 34.5. The number of hydrogen-bond donors (Lipinski definition) is 0. The first-order valence-electron chi connectivity index (χ1n) is 9.74. The molecule has 1 aromatic heterocycles. The first-order valence-corrected chi connectivity index (χ1v) is 9.74. The van der Waals surface area contributed by atoms with Crippen LogP contribution in [0.5, 0.6) is 5.75 Å². The zero-order valence-electron chi connectivity index (χ0n) is 17.0. The van der Waals surface area contributed by atoms with E-state index in [1.165, 1.54) is 4.90 Å². The second-order valence-electron chi connectivity index (χ2n) is 7.75. The molecule has 0 saturated carbocycles. The molecular weight excluding hydrogens is 360 g/mol. The predicted molar refractivity (Wildman–Crippen MR) is 104 cm³/mol. The van der Waals surface area contributed by atoms with Gasteiger partial charge in [-0.05, 0) is 25.0 Å². The first-order chi connectivity index (χ1) is 13.4. The molecule has 0 atom stereocenters. The molecule has 2 fully saturated rings. The van der Waals surface area contributed by atoms with E-state index in [0.29, 0.717) is 19.6 Å². The van der Waals surface area contributed by atoms with Gasteiger partial charge in [0, 0.05) is 39.9 Å². The van der Waals surface area contributed by atoms with Crippen LogP contribution in [0.1, 0.15) is 25.0 Å². The molecule has 3 heterocycles. The molecule has 2 aliphatic heterocycles. The van der Waals surface area contributed by atoms with Crippen molar-refractivity contribution in [3.05, 3.63) is 24.0 Å². The number of amides is 2. The van der Waals surface area contributed by atoms with E-state index >= 15 is 0 Å². The molecule has 2 aliphatic rings. The van der Waals surface area contributed by atoms with Crippen molar-refractivity contribution in [3.8, 4) is 5.75 Å². The SMILES string of the molecule is COc1cccnc1CN1CCC2(CC1)CN(CC(=O)N(C)C)C(=O)CCO2. The van der Waals surface area contributed by atoms with Crippen LogP contribution in [0, 0.1) is 0 Å². The number of nitrogens with zero attached hydrogens (tertiary/aromatic N) is 4. The Morgan fingerprint density at radius 2 is 2.11 bits per heavy atom. The summed E-state index contributed by atoms with van der Waals surface area (Å²) >= 11 is 0. The number of rotatable bonds is 5. The Morgan fingerprint density at radius 3 is 2.79 bits per heavy atom. The van der Waals surface area contributed by atoms with Gasteiger partial charge in [-0.1, -0.05) is 0 Å². The summed E-state index contributed by atoms with van der Waals surface area (Å²) in [5, 5.41) is 0. The van der Waals surface area contributed by atoms with Gasteiger partial charge in [-0.25, -0.2) is 0 Å². The first kappa shape index (κ1) is 20.5. The van der Waals surface area contributed by atoms with Crippen LogP contribution < -0.4 is 4.74 Å². The molecule has 8 nitrogen and oxygen atoms in total. The topological polar surface area (TPSA) is 75.2 Å². The van der Waals surface area contributed by atoms with Gasteiger partial charge in [0.15, 0.2) is 0 Å². The molecule has 154 valence electrons. The summed E-state index contributed by atoms with van der Waals surface area (Å²) in [6, 6.07) is 3.79. The molecule has 0 aromatic carbocycles. The van der Waals surface area contributed by atoms with Gasteiger partial charge in [0.2, 0.25) is 11.8 Å². The Labute approximate surface area is 166 Å². The average Bonchev–Trinajstić information content (AvgIpc) is 2.83. The fourth-order valence-electron chi connectivity index (χ4n) is 3.80. The van der Waals surface area contributed by atoms with Crippen molar-refractivity contribution in [1.29, 1.82) is 0 Å². The fourth-order valence-corrected chi connectivity index (χ4v) is 3.80. The van der Waals surface area contributed by atoms with Crippen molar-refractivity contribution in [2.45, 2.75) is 31.4 Å². The number of hydrogen-bond acceptors (Lipinski definition) is 6. The Morgan fingerprint density at radius 1 is 1.36 bits per heavy atom. The monoisotopic (exact) mass is 390 g/mol. The highest BCUT2D eigenvalue weighted by Crippen LogP contribution is 2.31. The largest absolute Gasteiger partial charge is 0.495 e. The van der Waals surface area contributed by atoms with Crippen LogP contribution in [0.2, 0.25) is 0 Å². The van der Waals surface area contributed by atoms with E-state index in [-0.39, 0.29) is 24.0 Å². The van der Waals surface area contributed by atoms with Gasteiger partial charge < -0.3 is 19.3 Å². The van der Waals surface area contributed by atoms with E-state index in [1.807, 2.05) is 12.1 Å². The third kappa shape index (κ3) is 4.80. The van der Waals surface area contributed by atoms with Crippen LogP contribution in [0.4, 0.5) is 0 Å². The number of pyridine rings is 1.